The molecule has 22 nitrogen and oxygen atoms in total. The van der Waals surface area contributed by atoms with Crippen LogP contribution < -0.4 is 5.46 Å². The van der Waals surface area contributed by atoms with Crippen LogP contribution in [0.3, 0.4) is 0 Å². The van der Waals surface area contributed by atoms with Gasteiger partial charge in [0.2, 0.25) is 10.9 Å². The smallest absolute Gasteiger partial charge is 0.473 e. The molecule has 0 saturated carbocycles. The van der Waals surface area contributed by atoms with Crippen molar-refractivity contribution in [3.63, 3.8) is 0 Å². The summed E-state index contributed by atoms with van der Waals surface area (Å²) in [4.78, 5) is 45.5. The van der Waals surface area contributed by atoms with Crippen LogP contribution in [0, 0.1) is 0 Å². The van der Waals surface area contributed by atoms with Gasteiger partial charge in [-0.2, -0.15) is 35.0 Å². The zero-order valence-electron chi connectivity index (χ0n) is 34.3. The molecule has 0 aliphatic heterocycles. The number of hydrogen-bond donors (Lipinski definition) is 2. The molecule has 2 N–H and O–H groups in total. The Bertz CT molecular complexity index is 2700. The predicted octanol–water partition coefficient (Wildman–Crippen LogP) is 7.56. The van der Waals surface area contributed by atoms with E-state index < -0.39 is 31.0 Å². The molecule has 0 bridgehead atoms. The highest BCUT2D eigenvalue weighted by Gasteiger charge is 2.23. The lowest BCUT2D eigenvalue weighted by Gasteiger charge is -1.99. The van der Waals surface area contributed by atoms with Crippen LogP contribution in [-0.4, -0.2) is 102 Å². The maximum absolute atomic E-state index is 11.5. The third-order valence-corrected chi connectivity index (χ3v) is 10.1. The number of nitrogens with zero attached hydrogens (tertiary/aromatic N) is 8. The first-order chi connectivity index (χ1) is 31.8. The Morgan fingerprint density at radius 3 is 1.42 bits per heavy atom. The number of esters is 4. The normalized spacial score (nSPS) is 10.1. The second-order valence-corrected chi connectivity index (χ2v) is 14.5. The van der Waals surface area contributed by atoms with E-state index in [0.29, 0.717) is 53.5 Å². The van der Waals surface area contributed by atoms with E-state index in [-0.39, 0.29) is 45.0 Å². The first kappa shape index (κ1) is 52.7. The van der Waals surface area contributed by atoms with Crippen LogP contribution >= 0.6 is 81.7 Å². The van der Waals surface area contributed by atoms with Crippen molar-refractivity contribution in [2.75, 3.05) is 26.4 Å². The van der Waals surface area contributed by atoms with Crippen molar-refractivity contribution < 1.29 is 65.8 Å². The first-order valence-corrected chi connectivity index (χ1v) is 22.4. The van der Waals surface area contributed by atoms with Crippen molar-refractivity contribution in [2.24, 2.45) is 0 Å². The Morgan fingerprint density at radius 2 is 1.03 bits per heavy atom. The van der Waals surface area contributed by atoms with Gasteiger partial charge < -0.3 is 46.7 Å². The lowest BCUT2D eigenvalue weighted by Crippen LogP contribution is -2.27. The zero-order valence-corrected chi connectivity index (χ0v) is 39.9. The third-order valence-electron chi connectivity index (χ3n) is 7.14. The minimum atomic E-state index is -1.41. The van der Waals surface area contributed by atoms with Gasteiger partial charge in [-0.3, -0.25) is 0 Å². The average molecular weight is 1050 g/mol. The molecule has 30 heteroatoms. The van der Waals surface area contributed by atoms with Crippen LogP contribution in [0.4, 0.5) is 0 Å². The molecular weight excluding hydrogens is 1010 g/mol. The summed E-state index contributed by atoms with van der Waals surface area (Å²) in [6.07, 6.45) is 8.54. The monoisotopic (exact) mass is 1040 g/mol. The Hall–Kier alpha value is -5.91. The number of ether oxygens (including phenoxy) is 4. The molecular formula is C36H32BCl3N8O14S4. The molecule has 8 rings (SSSR count). The quantitative estimate of drug-likeness (QED) is 0.0677. The fraction of sp³-hybridized carbons (Fsp3) is 0.222. The highest BCUT2D eigenvalue weighted by Crippen LogP contribution is 2.31. The molecule has 348 valence electrons. The Balaban J connectivity index is 0.000000184. The Morgan fingerprint density at radius 1 is 0.561 bits per heavy atom. The number of halogens is 3. The van der Waals surface area contributed by atoms with Gasteiger partial charge in [0.1, 0.15) is 23.3 Å². The van der Waals surface area contributed by atoms with Gasteiger partial charge in [0.25, 0.3) is 0 Å². The summed E-state index contributed by atoms with van der Waals surface area (Å²) in [5.41, 5.74) is 4.27. The standard InChI is InChI=1S/2C9H7ClN2O3S.C9H8N2O3S.C5H5ClN2O2S.C4H5BO3/c1-2-14-9(13)8-7(11-16-12-8)5-3-6(10)15-4-5;1-2-14-9(13)7-6(11-16-12-7)5-3-4-15-8(5)10;1-2-14-9(12)8-7(10-15-11-8)6-3-4-13-5-6;1-2-10-5(9)3-4(6)8-11-7-3;6-5(7)4-1-2-8-3-4/h2*3-4H,2H2,1H3;3-5H,2H2,1H3;2H2,1H3;1-3,6-7H. The van der Waals surface area contributed by atoms with E-state index in [4.69, 9.17) is 72.3 Å². The van der Waals surface area contributed by atoms with Gasteiger partial charge in [0, 0.05) is 22.7 Å². The third kappa shape index (κ3) is 15.3. The minimum Gasteiger partial charge on any atom is -0.473 e. The largest absolute Gasteiger partial charge is 0.491 e. The predicted molar refractivity (Wildman–Crippen MR) is 240 cm³/mol. The van der Waals surface area contributed by atoms with Gasteiger partial charge in [-0.15, -0.1) is 0 Å². The fourth-order valence-electron chi connectivity index (χ4n) is 4.34. The van der Waals surface area contributed by atoms with Gasteiger partial charge in [0.05, 0.1) is 110 Å². The van der Waals surface area contributed by atoms with Crippen molar-refractivity contribution >= 4 is 118 Å². The van der Waals surface area contributed by atoms with Crippen molar-refractivity contribution in [1.82, 2.24) is 35.0 Å². The van der Waals surface area contributed by atoms with Gasteiger partial charge in [-0.25, -0.2) is 19.2 Å². The summed E-state index contributed by atoms with van der Waals surface area (Å²) in [6, 6.07) is 6.41. The average Bonchev–Trinajstić information content (AvgIpc) is 4.15. The number of hydrogen-bond acceptors (Lipinski definition) is 26. The van der Waals surface area contributed by atoms with Gasteiger partial charge in [-0.1, -0.05) is 11.6 Å². The van der Waals surface area contributed by atoms with Gasteiger partial charge in [-0.05, 0) is 69.1 Å². The van der Waals surface area contributed by atoms with E-state index in [2.05, 4.69) is 44.1 Å². The molecule has 0 saturated heterocycles. The molecule has 0 atom stereocenters. The Kier molecular flexibility index (Phi) is 22.0. The summed E-state index contributed by atoms with van der Waals surface area (Å²) in [7, 11) is -1.41. The molecule has 8 aromatic rings. The number of rotatable bonds is 12. The molecule has 8 aromatic heterocycles. The zero-order chi connectivity index (χ0) is 48.0. The van der Waals surface area contributed by atoms with Crippen molar-refractivity contribution in [1.29, 1.82) is 0 Å². The second kappa shape index (κ2) is 27.5. The molecule has 0 fully saturated rings. The molecule has 66 heavy (non-hydrogen) atoms. The molecule has 8 heterocycles. The van der Waals surface area contributed by atoms with Crippen LogP contribution in [0.25, 0.3) is 33.8 Å². The van der Waals surface area contributed by atoms with E-state index in [1.165, 1.54) is 43.6 Å². The topological polar surface area (TPSA) is 301 Å². The van der Waals surface area contributed by atoms with Crippen molar-refractivity contribution in [3.8, 4) is 33.8 Å². The van der Waals surface area contributed by atoms with Crippen LogP contribution in [0.5, 0.6) is 0 Å². The maximum Gasteiger partial charge on any atom is 0.491 e. The van der Waals surface area contributed by atoms with Gasteiger partial charge >= 0.3 is 31.0 Å². The summed E-state index contributed by atoms with van der Waals surface area (Å²) in [6.45, 7) is 8.12. The molecule has 0 aliphatic rings. The molecule has 0 spiro atoms. The summed E-state index contributed by atoms with van der Waals surface area (Å²) in [5.74, 6) is -1.99. The second-order valence-electron chi connectivity index (χ2n) is 11.4. The van der Waals surface area contributed by atoms with Crippen molar-refractivity contribution in [3.05, 3.63) is 100 Å². The van der Waals surface area contributed by atoms with Crippen LogP contribution in [0.15, 0.2) is 79.5 Å². The van der Waals surface area contributed by atoms with E-state index in [0.717, 1.165) is 52.5 Å². The molecule has 0 unspecified atom stereocenters. The number of carbonyl (C=O) groups excluding carboxylic acids is 4. The molecule has 0 aliphatic carbocycles. The highest BCUT2D eigenvalue weighted by atomic mass is 35.5. The van der Waals surface area contributed by atoms with Crippen LogP contribution in [0.2, 0.25) is 15.6 Å². The SMILES string of the molecule is CCOC(=O)c1nsnc1-c1ccoc1.CCOC(=O)c1nsnc1-c1ccoc1Cl.CCOC(=O)c1nsnc1-c1coc(Cl)c1.CCOC(=O)c1nsnc1Cl.OB(O)c1ccoc1. The highest BCUT2D eigenvalue weighted by molar-refractivity contribution is 7.00. The van der Waals surface area contributed by atoms with E-state index >= 15 is 0 Å². The minimum absolute atomic E-state index is 0.0958. The molecule has 0 radical (unpaired) electrons. The first-order valence-electron chi connectivity index (χ1n) is 18.4. The van der Waals surface area contributed by atoms with E-state index in [1.807, 2.05) is 0 Å². The fourth-order valence-corrected chi connectivity index (χ4v) is 7.07. The van der Waals surface area contributed by atoms with E-state index in [9.17, 15) is 19.2 Å². The molecule has 0 amide bonds. The summed E-state index contributed by atoms with van der Waals surface area (Å²) in [5, 5.41) is 17.3. The number of carbonyl (C=O) groups is 4. The lowest BCUT2D eigenvalue weighted by molar-refractivity contribution is 0.0511. The Labute approximate surface area is 404 Å². The van der Waals surface area contributed by atoms with Crippen LogP contribution in [-0.2, 0) is 18.9 Å². The molecule has 0 aromatic carbocycles. The van der Waals surface area contributed by atoms with Gasteiger partial charge in [0.15, 0.2) is 27.5 Å². The lowest BCUT2D eigenvalue weighted by atomic mass is 9.83. The number of furan rings is 4. The maximum atomic E-state index is 11.5. The van der Waals surface area contributed by atoms with E-state index in [1.54, 1.807) is 45.9 Å². The number of aromatic nitrogens is 8. The van der Waals surface area contributed by atoms with Crippen LogP contribution in [0.1, 0.15) is 69.6 Å². The van der Waals surface area contributed by atoms with Crippen molar-refractivity contribution in [2.45, 2.75) is 27.7 Å². The summed E-state index contributed by atoms with van der Waals surface area (Å²) < 4.78 is 69.6. The summed E-state index contributed by atoms with van der Waals surface area (Å²) >= 11 is 20.7.